The van der Waals surface area contributed by atoms with Crippen molar-refractivity contribution in [3.63, 3.8) is 0 Å². The molecule has 1 unspecified atom stereocenters. The predicted octanol–water partition coefficient (Wildman–Crippen LogP) is 0.417. The van der Waals surface area contributed by atoms with Crippen molar-refractivity contribution in [2.75, 3.05) is 0 Å². The molecule has 1 aromatic carbocycles. The lowest BCUT2D eigenvalue weighted by molar-refractivity contribution is -0.136. The van der Waals surface area contributed by atoms with Crippen LogP contribution in [0.1, 0.15) is 54.1 Å². The van der Waals surface area contributed by atoms with E-state index < -0.39 is 6.04 Å². The van der Waals surface area contributed by atoms with Crippen LogP contribution in [0.4, 0.5) is 0 Å². The number of amides is 3. The van der Waals surface area contributed by atoms with E-state index in [2.05, 4.69) is 17.6 Å². The largest absolute Gasteiger partial charge is 0.325 e. The van der Waals surface area contributed by atoms with Gasteiger partial charge in [-0.3, -0.25) is 19.7 Å². The minimum Gasteiger partial charge on any atom is -0.325 e. The summed E-state index contributed by atoms with van der Waals surface area (Å²) in [4.78, 5) is 37.9. The van der Waals surface area contributed by atoms with Crippen LogP contribution in [0.2, 0.25) is 0 Å². The van der Waals surface area contributed by atoms with Crippen LogP contribution in [-0.4, -0.2) is 40.2 Å². The Balaban J connectivity index is 1.47. The zero-order chi connectivity index (χ0) is 18.5. The second kappa shape index (κ2) is 6.17. The molecule has 1 aromatic rings. The monoisotopic (exact) mass is 356 g/mol. The standard InChI is InChI=1S/C19H24N4O3/c1-19(20)7-12(8-19)21-9-11-3-2-4-13-14(11)10-23(18(13)26)15-5-6-16(24)22-17(15)25/h2-4,12,15,21H,5-10,20H2,1H3,(H,22,24,25). The Labute approximate surface area is 152 Å². The van der Waals surface area contributed by atoms with Crippen molar-refractivity contribution < 1.29 is 14.4 Å². The number of piperidine rings is 1. The van der Waals surface area contributed by atoms with Gasteiger partial charge in [-0.25, -0.2) is 0 Å². The number of fused-ring (bicyclic) bond motifs is 1. The quantitative estimate of drug-likeness (QED) is 0.678. The van der Waals surface area contributed by atoms with Crippen molar-refractivity contribution in [1.29, 1.82) is 0 Å². The van der Waals surface area contributed by atoms with Crippen molar-refractivity contribution in [2.45, 2.75) is 63.3 Å². The third-order valence-electron chi connectivity index (χ3n) is 5.69. The first-order chi connectivity index (χ1) is 12.3. The fraction of sp³-hybridized carbons (Fsp3) is 0.526. The van der Waals surface area contributed by atoms with E-state index in [1.54, 1.807) is 4.90 Å². The SMILES string of the molecule is CC1(N)CC(NCc2cccc3c2CN(C2CCC(=O)NC2=O)C3=O)C1. The van der Waals surface area contributed by atoms with Gasteiger partial charge >= 0.3 is 0 Å². The number of nitrogens with two attached hydrogens (primary N) is 1. The highest BCUT2D eigenvalue weighted by molar-refractivity contribution is 6.05. The van der Waals surface area contributed by atoms with Crippen molar-refractivity contribution in [3.8, 4) is 0 Å². The molecule has 1 saturated carbocycles. The van der Waals surface area contributed by atoms with Crippen LogP contribution in [0.15, 0.2) is 18.2 Å². The first-order valence-electron chi connectivity index (χ1n) is 9.12. The summed E-state index contributed by atoms with van der Waals surface area (Å²) in [6.07, 6.45) is 2.55. The third kappa shape index (κ3) is 3.01. The van der Waals surface area contributed by atoms with E-state index in [4.69, 9.17) is 5.73 Å². The van der Waals surface area contributed by atoms with Crippen molar-refractivity contribution in [1.82, 2.24) is 15.5 Å². The molecule has 4 N–H and O–H groups in total. The molecule has 2 fully saturated rings. The van der Waals surface area contributed by atoms with Crippen LogP contribution in [0.25, 0.3) is 0 Å². The fourth-order valence-corrected chi connectivity index (χ4v) is 4.28. The number of nitrogens with zero attached hydrogens (tertiary/aromatic N) is 1. The van der Waals surface area contributed by atoms with Crippen molar-refractivity contribution in [3.05, 3.63) is 34.9 Å². The van der Waals surface area contributed by atoms with Gasteiger partial charge in [0.2, 0.25) is 11.8 Å². The molecule has 1 aliphatic carbocycles. The molecule has 2 aliphatic heterocycles. The Morgan fingerprint density at radius 2 is 2.08 bits per heavy atom. The minimum absolute atomic E-state index is 0.0746. The molecule has 0 bridgehead atoms. The molecule has 1 atom stereocenters. The number of imide groups is 1. The average Bonchev–Trinajstić information content (AvgIpc) is 2.88. The summed E-state index contributed by atoms with van der Waals surface area (Å²) in [5.41, 5.74) is 8.70. The molecular weight excluding hydrogens is 332 g/mol. The normalized spacial score (nSPS) is 30.8. The van der Waals surface area contributed by atoms with Crippen molar-refractivity contribution in [2.24, 2.45) is 5.73 Å². The van der Waals surface area contributed by atoms with E-state index in [-0.39, 0.29) is 29.7 Å². The van der Waals surface area contributed by atoms with Gasteiger partial charge in [0.25, 0.3) is 5.91 Å². The molecule has 7 nitrogen and oxygen atoms in total. The van der Waals surface area contributed by atoms with E-state index in [0.717, 1.165) is 24.0 Å². The molecule has 4 rings (SSSR count). The maximum atomic E-state index is 12.8. The first kappa shape index (κ1) is 17.2. The lowest BCUT2D eigenvalue weighted by atomic mass is 9.75. The lowest BCUT2D eigenvalue weighted by Gasteiger charge is -2.42. The number of benzene rings is 1. The topological polar surface area (TPSA) is 105 Å². The molecule has 2 heterocycles. The van der Waals surface area contributed by atoms with Gasteiger partial charge in [-0.1, -0.05) is 12.1 Å². The van der Waals surface area contributed by atoms with E-state index in [9.17, 15) is 14.4 Å². The van der Waals surface area contributed by atoms with Gasteiger partial charge in [0.05, 0.1) is 0 Å². The Morgan fingerprint density at radius 3 is 2.77 bits per heavy atom. The third-order valence-corrected chi connectivity index (χ3v) is 5.69. The summed E-state index contributed by atoms with van der Waals surface area (Å²) < 4.78 is 0. The number of nitrogens with one attached hydrogen (secondary N) is 2. The number of carbonyl (C=O) groups is 3. The van der Waals surface area contributed by atoms with Crippen LogP contribution in [0.3, 0.4) is 0 Å². The van der Waals surface area contributed by atoms with E-state index >= 15 is 0 Å². The van der Waals surface area contributed by atoms with E-state index in [1.807, 2.05) is 18.2 Å². The Bertz CT molecular complexity index is 781. The zero-order valence-corrected chi connectivity index (χ0v) is 14.9. The molecule has 7 heteroatoms. The molecular formula is C19H24N4O3. The van der Waals surface area contributed by atoms with Gasteiger partial charge < -0.3 is 16.0 Å². The highest BCUT2D eigenvalue weighted by atomic mass is 16.2. The Hall–Kier alpha value is -2.25. The summed E-state index contributed by atoms with van der Waals surface area (Å²) in [6.45, 7) is 3.15. The lowest BCUT2D eigenvalue weighted by Crippen LogP contribution is -2.57. The Kier molecular flexibility index (Phi) is 4.08. The summed E-state index contributed by atoms with van der Waals surface area (Å²) in [7, 11) is 0. The summed E-state index contributed by atoms with van der Waals surface area (Å²) in [5.74, 6) is -0.777. The van der Waals surface area contributed by atoms with Crippen LogP contribution < -0.4 is 16.4 Å². The molecule has 0 radical (unpaired) electrons. The summed E-state index contributed by atoms with van der Waals surface area (Å²) in [5, 5.41) is 5.85. The van der Waals surface area contributed by atoms with Gasteiger partial charge in [0, 0.05) is 36.7 Å². The predicted molar refractivity (Wildman–Crippen MR) is 94.9 cm³/mol. The number of carbonyl (C=O) groups excluding carboxylic acids is 3. The Morgan fingerprint density at radius 1 is 1.31 bits per heavy atom. The van der Waals surface area contributed by atoms with Crippen molar-refractivity contribution >= 4 is 17.7 Å². The van der Waals surface area contributed by atoms with Gasteiger partial charge in [-0.15, -0.1) is 0 Å². The molecule has 1 saturated heterocycles. The molecule has 138 valence electrons. The second-order valence-electron chi connectivity index (χ2n) is 7.98. The summed E-state index contributed by atoms with van der Waals surface area (Å²) >= 11 is 0. The number of hydrogen-bond acceptors (Lipinski definition) is 5. The molecule has 26 heavy (non-hydrogen) atoms. The minimum atomic E-state index is -0.571. The fourth-order valence-electron chi connectivity index (χ4n) is 4.28. The maximum Gasteiger partial charge on any atom is 0.255 e. The highest BCUT2D eigenvalue weighted by Crippen LogP contribution is 2.32. The molecule has 3 aliphatic rings. The van der Waals surface area contributed by atoms with Crippen LogP contribution >= 0.6 is 0 Å². The number of hydrogen-bond donors (Lipinski definition) is 3. The van der Waals surface area contributed by atoms with Gasteiger partial charge in [-0.05, 0) is 43.4 Å². The summed E-state index contributed by atoms with van der Waals surface area (Å²) in [6, 6.07) is 5.55. The van der Waals surface area contributed by atoms with Gasteiger partial charge in [-0.2, -0.15) is 0 Å². The maximum absolute atomic E-state index is 12.8. The molecule has 0 spiro atoms. The smallest absolute Gasteiger partial charge is 0.255 e. The van der Waals surface area contributed by atoms with E-state index in [0.29, 0.717) is 31.1 Å². The highest BCUT2D eigenvalue weighted by Gasteiger charge is 2.40. The molecule has 0 aromatic heterocycles. The average molecular weight is 356 g/mol. The van der Waals surface area contributed by atoms with Gasteiger partial charge in [0.15, 0.2) is 0 Å². The zero-order valence-electron chi connectivity index (χ0n) is 14.9. The van der Waals surface area contributed by atoms with Crippen LogP contribution in [0.5, 0.6) is 0 Å². The molecule has 3 amide bonds. The van der Waals surface area contributed by atoms with E-state index in [1.165, 1.54) is 0 Å². The number of rotatable bonds is 4. The van der Waals surface area contributed by atoms with Crippen LogP contribution in [0, 0.1) is 0 Å². The second-order valence-corrected chi connectivity index (χ2v) is 7.98. The first-order valence-corrected chi connectivity index (χ1v) is 9.12. The van der Waals surface area contributed by atoms with Gasteiger partial charge in [0.1, 0.15) is 6.04 Å². The van der Waals surface area contributed by atoms with Crippen LogP contribution in [-0.2, 0) is 22.7 Å².